The molecule has 0 radical (unpaired) electrons. The number of hydrogen-bond acceptors (Lipinski definition) is 4. The van der Waals surface area contributed by atoms with Crippen LogP contribution in [0.15, 0.2) is 10.4 Å². The number of aromatic nitrogens is 3. The van der Waals surface area contributed by atoms with Gasteiger partial charge >= 0.3 is 0 Å². The summed E-state index contributed by atoms with van der Waals surface area (Å²) in [5, 5.41) is 14.6. The van der Waals surface area contributed by atoms with E-state index in [-0.39, 0.29) is 35.4 Å². The van der Waals surface area contributed by atoms with Gasteiger partial charge in [-0.3, -0.25) is 4.68 Å². The van der Waals surface area contributed by atoms with E-state index in [0.717, 1.165) is 35.3 Å². The second-order valence-corrected chi connectivity index (χ2v) is 9.04. The minimum Gasteiger partial charge on any atom is -0.357 e. The fraction of sp³-hybridized carbons (Fsp3) is 0.650. The maximum absolute atomic E-state index is 4.73. The minimum atomic E-state index is 0. The Hall–Kier alpha value is -1.16. The Labute approximate surface area is 190 Å². The Morgan fingerprint density at radius 1 is 1.32 bits per heavy atom. The maximum atomic E-state index is 4.73. The third-order valence-electron chi connectivity index (χ3n) is 4.59. The third kappa shape index (κ3) is 6.72. The summed E-state index contributed by atoms with van der Waals surface area (Å²) in [6.07, 6.45) is 0.918. The van der Waals surface area contributed by atoms with Gasteiger partial charge in [-0.1, -0.05) is 20.8 Å². The highest BCUT2D eigenvalue weighted by molar-refractivity contribution is 14.0. The van der Waals surface area contributed by atoms with Gasteiger partial charge in [-0.2, -0.15) is 5.10 Å². The highest BCUT2D eigenvalue weighted by Crippen LogP contribution is 2.24. The topological polar surface area (TPSA) is 67.1 Å². The molecular weight excluding hydrogens is 483 g/mol. The Balaban J connectivity index is 0.00000392. The zero-order valence-electron chi connectivity index (χ0n) is 18.4. The van der Waals surface area contributed by atoms with Crippen molar-refractivity contribution in [2.45, 2.75) is 72.9 Å². The van der Waals surface area contributed by atoms with E-state index in [4.69, 9.17) is 9.98 Å². The van der Waals surface area contributed by atoms with Crippen molar-refractivity contribution in [3.8, 4) is 0 Å². The van der Waals surface area contributed by atoms with Crippen LogP contribution in [0.5, 0.6) is 0 Å². The van der Waals surface area contributed by atoms with Crippen LogP contribution in [0.1, 0.15) is 62.3 Å². The van der Waals surface area contributed by atoms with Crippen molar-refractivity contribution < 1.29 is 0 Å². The van der Waals surface area contributed by atoms with E-state index < -0.39 is 0 Å². The summed E-state index contributed by atoms with van der Waals surface area (Å²) in [6.45, 7) is 16.4. The van der Waals surface area contributed by atoms with Crippen LogP contribution in [-0.2, 0) is 25.4 Å². The van der Waals surface area contributed by atoms with Gasteiger partial charge in [0.1, 0.15) is 5.01 Å². The number of guanidine groups is 1. The standard InChI is InChI=1S/C20H34N6S.HI/c1-9-21-19(22-11-18-24-17(12-27-18)20(5,6)7)23-13(2)10-16-14(3)25-26(8)15(16)4;/h12-13H,9-11H2,1-8H3,(H2,21,22,23);1H. The first kappa shape index (κ1) is 24.9. The largest absolute Gasteiger partial charge is 0.357 e. The molecule has 2 rings (SSSR count). The van der Waals surface area contributed by atoms with Crippen LogP contribution in [0.4, 0.5) is 0 Å². The monoisotopic (exact) mass is 518 g/mol. The van der Waals surface area contributed by atoms with Gasteiger partial charge in [0.15, 0.2) is 5.96 Å². The number of hydrogen-bond donors (Lipinski definition) is 2. The van der Waals surface area contributed by atoms with Gasteiger partial charge < -0.3 is 10.6 Å². The number of halogens is 1. The molecule has 0 spiro atoms. The summed E-state index contributed by atoms with van der Waals surface area (Å²) in [6, 6.07) is 0.255. The Kier molecular flexibility index (Phi) is 9.39. The van der Waals surface area contributed by atoms with Crippen molar-refractivity contribution in [3.63, 3.8) is 0 Å². The van der Waals surface area contributed by atoms with Crippen molar-refractivity contribution in [1.82, 2.24) is 25.4 Å². The summed E-state index contributed by atoms with van der Waals surface area (Å²) >= 11 is 1.68. The van der Waals surface area contributed by atoms with Gasteiger partial charge in [0.2, 0.25) is 0 Å². The molecule has 0 saturated heterocycles. The van der Waals surface area contributed by atoms with E-state index in [0.29, 0.717) is 6.54 Å². The molecule has 2 heterocycles. The average molecular weight is 519 g/mol. The van der Waals surface area contributed by atoms with Gasteiger partial charge in [0.05, 0.1) is 17.9 Å². The van der Waals surface area contributed by atoms with Crippen LogP contribution in [-0.4, -0.2) is 33.3 Å². The van der Waals surface area contributed by atoms with Crippen LogP contribution in [0.2, 0.25) is 0 Å². The summed E-state index contributed by atoms with van der Waals surface area (Å²) < 4.78 is 1.95. The van der Waals surface area contributed by atoms with Gasteiger partial charge in [-0.05, 0) is 39.7 Å². The smallest absolute Gasteiger partial charge is 0.191 e. The molecule has 0 bridgehead atoms. The van der Waals surface area contributed by atoms with E-state index in [9.17, 15) is 0 Å². The van der Waals surface area contributed by atoms with Crippen molar-refractivity contribution in [2.75, 3.05) is 6.54 Å². The average Bonchev–Trinajstić information content (AvgIpc) is 3.14. The van der Waals surface area contributed by atoms with Crippen LogP contribution in [0, 0.1) is 13.8 Å². The lowest BCUT2D eigenvalue weighted by Crippen LogP contribution is -2.43. The number of aryl methyl sites for hydroxylation is 2. The van der Waals surface area contributed by atoms with E-state index in [1.807, 2.05) is 11.7 Å². The van der Waals surface area contributed by atoms with Crippen LogP contribution < -0.4 is 10.6 Å². The van der Waals surface area contributed by atoms with E-state index in [1.165, 1.54) is 11.3 Å². The molecule has 1 unspecified atom stereocenters. The van der Waals surface area contributed by atoms with E-state index in [2.05, 4.69) is 69.6 Å². The molecule has 0 aliphatic rings. The number of nitrogens with one attached hydrogen (secondary N) is 2. The fourth-order valence-corrected chi connectivity index (χ4v) is 3.84. The van der Waals surface area contributed by atoms with E-state index >= 15 is 0 Å². The molecule has 8 heteroatoms. The quantitative estimate of drug-likeness (QED) is 0.344. The first-order chi connectivity index (χ1) is 12.6. The molecule has 0 fully saturated rings. The molecule has 0 aromatic carbocycles. The minimum absolute atomic E-state index is 0. The number of aliphatic imine (C=N–C) groups is 1. The Bertz CT molecular complexity index is 787. The first-order valence-electron chi connectivity index (χ1n) is 9.60. The fourth-order valence-electron chi connectivity index (χ4n) is 2.90. The summed E-state index contributed by atoms with van der Waals surface area (Å²) in [7, 11) is 2.00. The van der Waals surface area contributed by atoms with Crippen molar-refractivity contribution in [3.05, 3.63) is 33.0 Å². The van der Waals surface area contributed by atoms with Gasteiger partial charge in [0, 0.05) is 36.1 Å². The van der Waals surface area contributed by atoms with Gasteiger partial charge in [-0.15, -0.1) is 35.3 Å². The molecule has 0 aliphatic heterocycles. The van der Waals surface area contributed by atoms with Crippen LogP contribution >= 0.6 is 35.3 Å². The van der Waals surface area contributed by atoms with Crippen molar-refractivity contribution >= 4 is 41.3 Å². The molecule has 6 nitrogen and oxygen atoms in total. The molecule has 0 amide bonds. The molecule has 2 N–H and O–H groups in total. The molecule has 1 atom stereocenters. The lowest BCUT2D eigenvalue weighted by molar-refractivity contribution is 0.571. The Morgan fingerprint density at radius 2 is 2.00 bits per heavy atom. The molecule has 158 valence electrons. The Morgan fingerprint density at radius 3 is 2.50 bits per heavy atom. The second-order valence-electron chi connectivity index (χ2n) is 8.09. The zero-order valence-corrected chi connectivity index (χ0v) is 21.5. The van der Waals surface area contributed by atoms with Gasteiger partial charge in [0.25, 0.3) is 0 Å². The van der Waals surface area contributed by atoms with Crippen LogP contribution in [0.25, 0.3) is 0 Å². The van der Waals surface area contributed by atoms with E-state index in [1.54, 1.807) is 11.3 Å². The summed E-state index contributed by atoms with van der Waals surface area (Å²) in [5.74, 6) is 0.830. The highest BCUT2D eigenvalue weighted by atomic mass is 127. The number of thiazole rings is 1. The lowest BCUT2D eigenvalue weighted by Gasteiger charge is -2.18. The summed E-state index contributed by atoms with van der Waals surface area (Å²) in [4.78, 5) is 9.46. The number of nitrogens with zero attached hydrogens (tertiary/aromatic N) is 4. The third-order valence-corrected chi connectivity index (χ3v) is 5.42. The molecule has 2 aromatic heterocycles. The zero-order chi connectivity index (χ0) is 20.2. The second kappa shape index (κ2) is 10.6. The van der Waals surface area contributed by atoms with Crippen molar-refractivity contribution in [1.29, 1.82) is 0 Å². The van der Waals surface area contributed by atoms with Crippen molar-refractivity contribution in [2.24, 2.45) is 12.0 Å². The predicted molar refractivity (Wildman–Crippen MR) is 130 cm³/mol. The predicted octanol–water partition coefficient (Wildman–Crippen LogP) is 4.10. The molecule has 28 heavy (non-hydrogen) atoms. The highest BCUT2D eigenvalue weighted by Gasteiger charge is 2.17. The normalized spacial score (nSPS) is 13.2. The lowest BCUT2D eigenvalue weighted by atomic mass is 9.93. The van der Waals surface area contributed by atoms with Crippen LogP contribution in [0.3, 0.4) is 0 Å². The molecule has 2 aromatic rings. The summed E-state index contributed by atoms with van der Waals surface area (Å²) in [5.41, 5.74) is 4.84. The first-order valence-corrected chi connectivity index (χ1v) is 10.5. The maximum Gasteiger partial charge on any atom is 0.191 e. The van der Waals surface area contributed by atoms with Gasteiger partial charge in [-0.25, -0.2) is 9.98 Å². The molecule has 0 aliphatic carbocycles. The SMILES string of the molecule is CCNC(=NCc1nc(C(C)(C)C)cs1)NC(C)Cc1c(C)nn(C)c1C.I. The molecule has 0 saturated carbocycles. The molecular formula is C20H35IN6S. The number of rotatable bonds is 6.